The number of hydrogen-bond acceptors (Lipinski definition) is 5. The molecule has 1 aromatic carbocycles. The summed E-state index contributed by atoms with van der Waals surface area (Å²) in [7, 11) is 0. The highest BCUT2D eigenvalue weighted by atomic mass is 35.5. The maximum Gasteiger partial charge on any atom is 0.365 e. The van der Waals surface area contributed by atoms with Gasteiger partial charge in [0, 0.05) is 15.4 Å². The molecule has 16 heavy (non-hydrogen) atoms. The molecule has 0 aliphatic carbocycles. The summed E-state index contributed by atoms with van der Waals surface area (Å²) < 4.78 is 8.58. The third-order valence-electron chi connectivity index (χ3n) is 1.62. The van der Waals surface area contributed by atoms with Crippen LogP contribution in [0, 0.1) is 0 Å². The van der Waals surface area contributed by atoms with E-state index < -0.39 is 5.97 Å². The molecule has 0 aliphatic rings. The van der Waals surface area contributed by atoms with Gasteiger partial charge in [0.1, 0.15) is 5.75 Å². The molecule has 0 spiro atoms. The number of carbonyl (C=O) groups excluding carboxylic acids is 1. The van der Waals surface area contributed by atoms with Crippen molar-refractivity contribution in [1.82, 2.24) is 9.59 Å². The first-order valence-electron chi connectivity index (χ1n) is 4.10. The van der Waals surface area contributed by atoms with Crippen LogP contribution in [0.1, 0.15) is 10.5 Å². The number of rotatable bonds is 2. The molecule has 0 bridgehead atoms. The van der Waals surface area contributed by atoms with Crippen LogP contribution in [0.15, 0.2) is 23.6 Å². The fourth-order valence-corrected chi connectivity index (χ4v) is 1.93. The van der Waals surface area contributed by atoms with Crippen molar-refractivity contribution in [2.24, 2.45) is 0 Å². The Labute approximate surface area is 105 Å². The summed E-state index contributed by atoms with van der Waals surface area (Å²) in [5.74, 6) is -0.317. The van der Waals surface area contributed by atoms with Crippen LogP contribution in [0.2, 0.25) is 10.0 Å². The van der Waals surface area contributed by atoms with Crippen LogP contribution in [0.3, 0.4) is 0 Å². The van der Waals surface area contributed by atoms with E-state index >= 15 is 0 Å². The van der Waals surface area contributed by atoms with E-state index in [1.165, 1.54) is 17.5 Å². The smallest absolute Gasteiger partial charge is 0.365 e. The molecule has 0 fully saturated rings. The summed E-state index contributed by atoms with van der Waals surface area (Å²) in [6.45, 7) is 0. The number of esters is 1. The summed E-state index contributed by atoms with van der Waals surface area (Å²) in [5.41, 5.74) is 0.154. The van der Waals surface area contributed by atoms with Gasteiger partial charge in [-0.1, -0.05) is 27.7 Å². The summed E-state index contributed by atoms with van der Waals surface area (Å²) >= 11 is 12.6. The van der Waals surface area contributed by atoms with Crippen molar-refractivity contribution in [3.63, 3.8) is 0 Å². The van der Waals surface area contributed by atoms with E-state index in [9.17, 15) is 4.79 Å². The zero-order chi connectivity index (χ0) is 11.5. The number of benzene rings is 1. The number of carbonyl (C=O) groups is 1. The average Bonchev–Trinajstić information content (AvgIpc) is 2.68. The van der Waals surface area contributed by atoms with Crippen LogP contribution in [0.25, 0.3) is 0 Å². The standard InChI is InChI=1S/C9H4Cl2N2O2S/c10-5-1-6(11)3-7(2-5)15-9(14)8-4-16-13-12-8/h1-4H. The van der Waals surface area contributed by atoms with Gasteiger partial charge in [-0.3, -0.25) is 0 Å². The van der Waals surface area contributed by atoms with E-state index in [4.69, 9.17) is 27.9 Å². The number of ether oxygens (including phenoxy) is 1. The van der Waals surface area contributed by atoms with Gasteiger partial charge in [-0.2, -0.15) is 0 Å². The second-order valence-electron chi connectivity index (χ2n) is 2.78. The monoisotopic (exact) mass is 274 g/mol. The molecule has 2 rings (SSSR count). The summed E-state index contributed by atoms with van der Waals surface area (Å²) in [6, 6.07) is 4.53. The molecule has 7 heteroatoms. The SMILES string of the molecule is O=C(Oc1cc(Cl)cc(Cl)c1)c1csnn1. The normalized spacial score (nSPS) is 10.1. The molecule has 82 valence electrons. The van der Waals surface area contributed by atoms with Crippen molar-refractivity contribution in [3.05, 3.63) is 39.3 Å². The van der Waals surface area contributed by atoms with Crippen LogP contribution in [-0.4, -0.2) is 15.6 Å². The topological polar surface area (TPSA) is 52.1 Å². The molecule has 0 amide bonds. The lowest BCUT2D eigenvalue weighted by Gasteiger charge is -2.02. The molecule has 0 unspecified atom stereocenters. The quantitative estimate of drug-likeness (QED) is 0.624. The Balaban J connectivity index is 2.18. The second kappa shape index (κ2) is 4.78. The third kappa shape index (κ3) is 2.69. The average molecular weight is 275 g/mol. The molecule has 0 saturated heterocycles. The summed E-state index contributed by atoms with van der Waals surface area (Å²) in [4.78, 5) is 11.5. The minimum absolute atomic E-state index is 0.154. The van der Waals surface area contributed by atoms with Crippen LogP contribution in [0.4, 0.5) is 0 Å². The Kier molecular flexibility index (Phi) is 3.38. The Morgan fingerprint density at radius 1 is 1.25 bits per heavy atom. The molecular formula is C9H4Cl2N2O2S. The molecule has 0 radical (unpaired) electrons. The summed E-state index contributed by atoms with van der Waals surface area (Å²) in [6.07, 6.45) is 0. The number of hydrogen-bond donors (Lipinski definition) is 0. The molecule has 4 nitrogen and oxygen atoms in total. The van der Waals surface area contributed by atoms with Crippen molar-refractivity contribution < 1.29 is 9.53 Å². The first-order valence-corrected chi connectivity index (χ1v) is 5.70. The van der Waals surface area contributed by atoms with E-state index in [1.54, 1.807) is 6.07 Å². The van der Waals surface area contributed by atoms with Crippen LogP contribution in [-0.2, 0) is 0 Å². The lowest BCUT2D eigenvalue weighted by atomic mass is 10.3. The van der Waals surface area contributed by atoms with Gasteiger partial charge < -0.3 is 4.74 Å². The van der Waals surface area contributed by atoms with Gasteiger partial charge in [0.05, 0.1) is 0 Å². The van der Waals surface area contributed by atoms with Crippen LogP contribution in [0.5, 0.6) is 5.75 Å². The van der Waals surface area contributed by atoms with Gasteiger partial charge >= 0.3 is 5.97 Å². The van der Waals surface area contributed by atoms with E-state index in [0.717, 1.165) is 11.5 Å². The first-order chi connectivity index (χ1) is 7.65. The van der Waals surface area contributed by atoms with E-state index in [1.807, 2.05) is 0 Å². The Hall–Kier alpha value is -1.17. The van der Waals surface area contributed by atoms with Crippen molar-refractivity contribution in [2.45, 2.75) is 0 Å². The van der Waals surface area contributed by atoms with E-state index in [-0.39, 0.29) is 11.4 Å². The third-order valence-corrected chi connectivity index (χ3v) is 2.56. The molecule has 0 atom stereocenters. The highest BCUT2D eigenvalue weighted by Gasteiger charge is 2.12. The molecule has 2 aromatic rings. The molecule has 0 aliphatic heterocycles. The van der Waals surface area contributed by atoms with Crippen LogP contribution >= 0.6 is 34.7 Å². The van der Waals surface area contributed by atoms with Gasteiger partial charge in [0.15, 0.2) is 5.69 Å². The van der Waals surface area contributed by atoms with Crippen molar-refractivity contribution in [1.29, 1.82) is 0 Å². The van der Waals surface area contributed by atoms with Gasteiger partial charge in [0.25, 0.3) is 0 Å². The highest BCUT2D eigenvalue weighted by Crippen LogP contribution is 2.24. The summed E-state index contributed by atoms with van der Waals surface area (Å²) in [5, 5.41) is 5.87. The predicted octanol–water partition coefficient (Wildman–Crippen LogP) is 3.06. The highest BCUT2D eigenvalue weighted by molar-refractivity contribution is 7.03. The molecule has 1 heterocycles. The minimum atomic E-state index is -0.591. The maximum absolute atomic E-state index is 11.5. The maximum atomic E-state index is 11.5. The van der Waals surface area contributed by atoms with Crippen molar-refractivity contribution in [2.75, 3.05) is 0 Å². The molecular weight excluding hydrogens is 271 g/mol. The molecule has 0 N–H and O–H groups in total. The van der Waals surface area contributed by atoms with Gasteiger partial charge in [-0.05, 0) is 29.7 Å². The largest absolute Gasteiger partial charge is 0.422 e. The predicted molar refractivity (Wildman–Crippen MR) is 61.3 cm³/mol. The molecule has 1 aromatic heterocycles. The molecule has 0 saturated carbocycles. The van der Waals surface area contributed by atoms with Gasteiger partial charge in [-0.25, -0.2) is 4.79 Å². The number of nitrogens with zero attached hydrogens (tertiary/aromatic N) is 2. The first kappa shape index (κ1) is 11.3. The number of aromatic nitrogens is 2. The Bertz CT molecular complexity index is 496. The Morgan fingerprint density at radius 2 is 1.94 bits per heavy atom. The lowest BCUT2D eigenvalue weighted by molar-refractivity contribution is 0.0728. The fourth-order valence-electron chi connectivity index (χ4n) is 1.00. The minimum Gasteiger partial charge on any atom is -0.422 e. The van der Waals surface area contributed by atoms with Crippen molar-refractivity contribution >= 4 is 40.7 Å². The Morgan fingerprint density at radius 3 is 2.50 bits per heavy atom. The van der Waals surface area contributed by atoms with Crippen molar-refractivity contribution in [3.8, 4) is 5.75 Å². The van der Waals surface area contributed by atoms with Crippen LogP contribution < -0.4 is 4.74 Å². The zero-order valence-electron chi connectivity index (χ0n) is 7.68. The fraction of sp³-hybridized carbons (Fsp3) is 0. The lowest BCUT2D eigenvalue weighted by Crippen LogP contribution is -2.08. The second-order valence-corrected chi connectivity index (χ2v) is 4.27. The van der Waals surface area contributed by atoms with Gasteiger partial charge in [0.2, 0.25) is 0 Å². The number of halogens is 2. The van der Waals surface area contributed by atoms with E-state index in [0.29, 0.717) is 10.0 Å². The zero-order valence-corrected chi connectivity index (χ0v) is 10.0. The van der Waals surface area contributed by atoms with Gasteiger partial charge in [-0.15, -0.1) is 5.10 Å². The van der Waals surface area contributed by atoms with E-state index in [2.05, 4.69) is 9.59 Å².